The number of benzene rings is 2. The first-order valence-corrected chi connectivity index (χ1v) is 10.4. The molecular weight excluding hydrogens is 419 g/mol. The molecule has 1 fully saturated rings. The van der Waals surface area contributed by atoms with E-state index in [1.807, 2.05) is 0 Å². The summed E-state index contributed by atoms with van der Waals surface area (Å²) in [5.41, 5.74) is 2.43. The zero-order valence-electron chi connectivity index (χ0n) is 15.6. The van der Waals surface area contributed by atoms with E-state index in [4.69, 9.17) is 10.5 Å². The topological polar surface area (TPSA) is 147 Å². The fourth-order valence-electron chi connectivity index (χ4n) is 3.29. The highest BCUT2D eigenvalue weighted by Crippen LogP contribution is 2.33. The van der Waals surface area contributed by atoms with Crippen LogP contribution in [0.25, 0.3) is 0 Å². The number of rotatable bonds is 5. The van der Waals surface area contributed by atoms with Crippen molar-refractivity contribution in [3.63, 3.8) is 0 Å². The van der Waals surface area contributed by atoms with Gasteiger partial charge in [-0.2, -0.15) is 0 Å². The molecule has 160 valence electrons. The zero-order valence-corrected chi connectivity index (χ0v) is 16.4. The van der Waals surface area contributed by atoms with Crippen molar-refractivity contribution in [1.82, 2.24) is 4.90 Å². The van der Waals surface area contributed by atoms with Crippen molar-refractivity contribution < 1.29 is 37.3 Å². The third kappa shape index (κ3) is 4.07. The van der Waals surface area contributed by atoms with Crippen LogP contribution in [-0.2, 0) is 14.6 Å². The number of nitrogens with zero attached hydrogens (tertiary/aromatic N) is 1. The van der Waals surface area contributed by atoms with E-state index in [1.54, 1.807) is 0 Å². The Kier molecular flexibility index (Phi) is 5.68. The van der Waals surface area contributed by atoms with Crippen LogP contribution in [-0.4, -0.2) is 59.5 Å². The first-order valence-electron chi connectivity index (χ1n) is 8.81. The lowest BCUT2D eigenvalue weighted by molar-refractivity contribution is -0.162. The van der Waals surface area contributed by atoms with Crippen LogP contribution >= 0.6 is 0 Å². The van der Waals surface area contributed by atoms with Crippen LogP contribution in [0.5, 0.6) is 11.5 Å². The van der Waals surface area contributed by atoms with Gasteiger partial charge >= 0.3 is 12.0 Å². The number of hydrogen-bond donors (Lipinski definition) is 3. The Balaban J connectivity index is 1.86. The number of urea groups is 1. The summed E-state index contributed by atoms with van der Waals surface area (Å²) < 4.78 is 44.6. The third-order valence-corrected chi connectivity index (χ3v) is 7.19. The normalized spacial score (nSPS) is 21.8. The van der Waals surface area contributed by atoms with Crippen molar-refractivity contribution in [3.05, 3.63) is 54.3 Å². The fraction of sp³-hybridized carbons (Fsp3) is 0.263. The van der Waals surface area contributed by atoms with E-state index in [0.717, 1.165) is 4.90 Å². The van der Waals surface area contributed by atoms with Gasteiger partial charge in [0.1, 0.15) is 22.6 Å². The van der Waals surface area contributed by atoms with Gasteiger partial charge in [0.25, 0.3) is 0 Å². The van der Waals surface area contributed by atoms with Crippen molar-refractivity contribution >= 4 is 21.8 Å². The molecule has 0 bridgehead atoms. The average molecular weight is 438 g/mol. The van der Waals surface area contributed by atoms with Gasteiger partial charge in [-0.25, -0.2) is 22.4 Å². The Morgan fingerprint density at radius 2 is 1.63 bits per heavy atom. The summed E-state index contributed by atoms with van der Waals surface area (Å²) in [5.74, 6) is -1.58. The molecule has 2 amide bonds. The molecule has 30 heavy (non-hydrogen) atoms. The first-order chi connectivity index (χ1) is 14.0. The number of carboxylic acids is 1. The Bertz CT molecular complexity index is 1060. The number of piperidine rings is 1. The monoisotopic (exact) mass is 438 g/mol. The molecule has 4 N–H and O–H groups in total. The number of ether oxygens (including phenoxy) is 1. The molecule has 1 heterocycles. The van der Waals surface area contributed by atoms with Gasteiger partial charge in [0.2, 0.25) is 0 Å². The summed E-state index contributed by atoms with van der Waals surface area (Å²) >= 11 is 0. The Morgan fingerprint density at radius 1 is 1.10 bits per heavy atom. The number of hydrogen-bond acceptors (Lipinski definition) is 6. The van der Waals surface area contributed by atoms with Gasteiger partial charge in [0.15, 0.2) is 15.4 Å². The minimum atomic E-state index is -4.27. The van der Waals surface area contributed by atoms with E-state index in [1.165, 1.54) is 48.5 Å². The summed E-state index contributed by atoms with van der Waals surface area (Å²) in [5, 5.41) is 18.4. The molecule has 0 radical (unpaired) electrons. The predicted octanol–water partition coefficient (Wildman–Crippen LogP) is 1.36. The molecule has 9 nitrogen and oxygen atoms in total. The summed E-state index contributed by atoms with van der Waals surface area (Å²) in [7, 11) is -4.27. The lowest BCUT2D eigenvalue weighted by Gasteiger charge is -2.40. The molecule has 0 aliphatic carbocycles. The van der Waals surface area contributed by atoms with Crippen LogP contribution in [0.1, 0.15) is 6.42 Å². The summed E-state index contributed by atoms with van der Waals surface area (Å²) in [6.07, 6.45) is -0.304. The number of primary amides is 1. The third-order valence-electron chi connectivity index (χ3n) is 4.88. The zero-order chi connectivity index (χ0) is 22.1. The SMILES string of the molecule is NC(=O)N1CCC(S(=O)(=O)c2ccc(Oc3ccc(F)cc3)cc2)C(O)(C(=O)O)C1. The van der Waals surface area contributed by atoms with E-state index in [9.17, 15) is 32.6 Å². The molecule has 11 heteroatoms. The molecule has 0 aromatic heterocycles. The lowest BCUT2D eigenvalue weighted by Crippen LogP contribution is -2.65. The van der Waals surface area contributed by atoms with E-state index in [0.29, 0.717) is 5.75 Å². The summed E-state index contributed by atoms with van der Waals surface area (Å²) in [6, 6.07) is 9.42. The second-order valence-corrected chi connectivity index (χ2v) is 8.97. The maximum atomic E-state index is 13.1. The van der Waals surface area contributed by atoms with Gasteiger partial charge in [-0.1, -0.05) is 0 Å². The lowest BCUT2D eigenvalue weighted by atomic mass is 9.92. The molecule has 0 spiro atoms. The van der Waals surface area contributed by atoms with Crippen molar-refractivity contribution in [2.24, 2.45) is 5.73 Å². The predicted molar refractivity (Wildman–Crippen MR) is 102 cm³/mol. The van der Waals surface area contributed by atoms with Gasteiger partial charge in [-0.15, -0.1) is 0 Å². The van der Waals surface area contributed by atoms with Gasteiger partial charge in [0, 0.05) is 6.54 Å². The molecule has 3 rings (SSSR count). The molecule has 2 atom stereocenters. The second kappa shape index (κ2) is 7.92. The van der Waals surface area contributed by atoms with E-state index >= 15 is 0 Å². The molecule has 2 aromatic carbocycles. The Hall–Kier alpha value is -3.18. The van der Waals surface area contributed by atoms with Gasteiger partial charge in [-0.05, 0) is 55.0 Å². The van der Waals surface area contributed by atoms with Crippen LogP contribution in [0.3, 0.4) is 0 Å². The summed E-state index contributed by atoms with van der Waals surface area (Å²) in [4.78, 5) is 23.7. The minimum absolute atomic E-state index is 0.111. The van der Waals surface area contributed by atoms with Crippen molar-refractivity contribution in [1.29, 1.82) is 0 Å². The van der Waals surface area contributed by atoms with Crippen molar-refractivity contribution in [2.45, 2.75) is 22.2 Å². The number of sulfone groups is 1. The number of nitrogens with two attached hydrogens (primary N) is 1. The maximum Gasteiger partial charge on any atom is 0.338 e. The van der Waals surface area contributed by atoms with Gasteiger partial charge in [0.05, 0.1) is 11.4 Å². The largest absolute Gasteiger partial charge is 0.479 e. The number of halogens is 1. The quantitative estimate of drug-likeness (QED) is 0.638. The van der Waals surface area contributed by atoms with E-state index in [-0.39, 0.29) is 23.6 Å². The van der Waals surface area contributed by atoms with Crippen LogP contribution in [0.4, 0.5) is 9.18 Å². The molecule has 1 aliphatic heterocycles. The molecule has 0 saturated carbocycles. The highest BCUT2D eigenvalue weighted by molar-refractivity contribution is 7.92. The maximum absolute atomic E-state index is 13.1. The molecule has 1 aliphatic rings. The van der Waals surface area contributed by atoms with Gasteiger partial charge < -0.3 is 25.6 Å². The van der Waals surface area contributed by atoms with E-state index in [2.05, 4.69) is 0 Å². The van der Waals surface area contributed by atoms with E-state index < -0.39 is 45.1 Å². The standard InChI is InChI=1S/C19H19FN2O7S/c20-12-1-3-13(4-2-12)29-14-5-7-15(8-6-14)30(27,28)16-9-10-22(18(21)25)11-19(16,26)17(23)24/h1-8,16,26H,9-11H2,(H2,21,25)(H,23,24). The summed E-state index contributed by atoms with van der Waals surface area (Å²) in [6.45, 7) is -0.853. The number of carbonyl (C=O) groups excluding carboxylic acids is 1. The van der Waals surface area contributed by atoms with Gasteiger partial charge in [-0.3, -0.25) is 0 Å². The number of carboxylic acid groups (broad SMARTS) is 1. The first kappa shape index (κ1) is 21.5. The van der Waals surface area contributed by atoms with Crippen molar-refractivity contribution in [3.8, 4) is 11.5 Å². The molecule has 1 saturated heterocycles. The number of aliphatic hydroxyl groups is 1. The number of aliphatic carboxylic acids is 1. The minimum Gasteiger partial charge on any atom is -0.479 e. The Morgan fingerprint density at radius 3 is 2.13 bits per heavy atom. The van der Waals surface area contributed by atoms with Crippen LogP contribution in [0.2, 0.25) is 0 Å². The number of carbonyl (C=O) groups is 2. The Labute approximate surface area is 171 Å². The fourth-order valence-corrected chi connectivity index (χ4v) is 5.24. The average Bonchev–Trinajstić information content (AvgIpc) is 2.69. The second-order valence-electron chi connectivity index (χ2n) is 6.84. The van der Waals surface area contributed by atoms with Crippen LogP contribution in [0.15, 0.2) is 53.4 Å². The smallest absolute Gasteiger partial charge is 0.338 e. The van der Waals surface area contributed by atoms with Crippen LogP contribution < -0.4 is 10.5 Å². The number of β-amino-alcohol motifs (C(OH)–C–C–N with tert-alkyl or cyclic N) is 1. The highest BCUT2D eigenvalue weighted by Gasteiger charge is 2.55. The van der Waals surface area contributed by atoms with Crippen molar-refractivity contribution in [2.75, 3.05) is 13.1 Å². The van der Waals surface area contributed by atoms with Crippen LogP contribution in [0, 0.1) is 5.82 Å². The number of amides is 2. The number of likely N-dealkylation sites (tertiary alicyclic amines) is 1. The molecule has 2 unspecified atom stereocenters. The molecule has 2 aromatic rings. The highest BCUT2D eigenvalue weighted by atomic mass is 32.2. The molecular formula is C19H19FN2O7S.